The molecule has 5 aliphatic carbocycles. The van der Waals surface area contributed by atoms with E-state index in [-0.39, 0.29) is 39.3 Å². The van der Waals surface area contributed by atoms with Crippen molar-refractivity contribution >= 4 is 17.5 Å². The van der Waals surface area contributed by atoms with E-state index < -0.39 is 16.4 Å². The number of rotatable bonds is 1. The number of allylic oxidation sites excluding steroid dienone is 2. The summed E-state index contributed by atoms with van der Waals surface area (Å²) in [6, 6.07) is 0. The Morgan fingerprint density at radius 1 is 0.944 bits per heavy atom. The van der Waals surface area contributed by atoms with Crippen LogP contribution in [0.15, 0.2) is 12.2 Å². The van der Waals surface area contributed by atoms with Crippen LogP contribution in [0.2, 0.25) is 0 Å². The molecule has 5 fully saturated rings. The number of hydrogen-bond donors (Lipinski definition) is 0. The topological polar surface area (TPSA) is 69.7 Å². The molecular formula is C31H44O5. The summed E-state index contributed by atoms with van der Waals surface area (Å²) in [7, 11) is 1.48. The average Bonchev–Trinajstić information content (AvgIpc) is 3.10. The number of methoxy groups -OCH3 is 1. The monoisotopic (exact) mass is 496 g/mol. The van der Waals surface area contributed by atoms with Crippen molar-refractivity contribution in [2.45, 2.75) is 98.5 Å². The van der Waals surface area contributed by atoms with Crippen LogP contribution < -0.4 is 0 Å². The van der Waals surface area contributed by atoms with Gasteiger partial charge in [-0.3, -0.25) is 14.4 Å². The van der Waals surface area contributed by atoms with Crippen molar-refractivity contribution < 1.29 is 23.9 Å². The van der Waals surface area contributed by atoms with E-state index in [4.69, 9.17) is 9.47 Å². The molecule has 198 valence electrons. The fourth-order valence-electron chi connectivity index (χ4n) is 11.3. The number of ketones is 2. The number of ether oxygens (including phenoxy) is 2. The largest absolute Gasteiger partial charge is 0.469 e. The molecule has 0 N–H and O–H groups in total. The van der Waals surface area contributed by atoms with Gasteiger partial charge in [0, 0.05) is 23.2 Å². The summed E-state index contributed by atoms with van der Waals surface area (Å²) in [5.74, 6) is 1.19. The normalized spacial score (nSPS) is 54.7. The molecule has 6 rings (SSSR count). The van der Waals surface area contributed by atoms with Crippen molar-refractivity contribution in [2.24, 2.45) is 50.2 Å². The van der Waals surface area contributed by atoms with Gasteiger partial charge in [0.05, 0.1) is 30.1 Å². The Balaban J connectivity index is 1.47. The molecule has 9 atom stereocenters. The highest BCUT2D eigenvalue weighted by Crippen LogP contribution is 2.79. The molecule has 1 heterocycles. The van der Waals surface area contributed by atoms with Crippen LogP contribution in [0, 0.1) is 50.2 Å². The third-order valence-electron chi connectivity index (χ3n) is 13.7. The zero-order valence-corrected chi connectivity index (χ0v) is 23.3. The standard InChI is InChI=1S/C31H44O5/c1-25(2)19-8-12-28(5)20(27(19,4)11-10-22(25)32)9-13-31-21-16-26(3,24(34)35-7)14-15-30(21,18-36-31)23(33)17-29(28,31)6/h10-11,19-21H,8-9,12-18H2,1-7H3/t19-,20+,21+,26-,27-,28+,29-,30+,31-/m0/s1. The Bertz CT molecular complexity index is 1090. The van der Waals surface area contributed by atoms with Crippen molar-refractivity contribution in [3.63, 3.8) is 0 Å². The number of Topliss-reactive ketones (excluding diaryl/α,β-unsaturated/α-hetero) is 1. The van der Waals surface area contributed by atoms with Crippen molar-refractivity contribution in [1.29, 1.82) is 0 Å². The smallest absolute Gasteiger partial charge is 0.311 e. The molecule has 36 heavy (non-hydrogen) atoms. The summed E-state index contributed by atoms with van der Waals surface area (Å²) in [6.07, 6.45) is 10.7. The van der Waals surface area contributed by atoms with Gasteiger partial charge < -0.3 is 9.47 Å². The molecule has 1 saturated heterocycles. The van der Waals surface area contributed by atoms with E-state index in [0.717, 1.165) is 32.1 Å². The van der Waals surface area contributed by atoms with Gasteiger partial charge in [0.15, 0.2) is 5.78 Å². The van der Waals surface area contributed by atoms with Gasteiger partial charge in [0.1, 0.15) is 5.78 Å². The minimum Gasteiger partial charge on any atom is -0.469 e. The molecule has 5 heteroatoms. The molecule has 0 aromatic carbocycles. The average molecular weight is 497 g/mol. The van der Waals surface area contributed by atoms with Crippen LogP contribution in [0.25, 0.3) is 0 Å². The molecule has 1 aliphatic heterocycles. The van der Waals surface area contributed by atoms with Crippen molar-refractivity contribution in [3.8, 4) is 0 Å². The lowest BCUT2D eigenvalue weighted by Gasteiger charge is -2.73. The molecule has 0 aromatic heterocycles. The summed E-state index contributed by atoms with van der Waals surface area (Å²) >= 11 is 0. The van der Waals surface area contributed by atoms with Crippen molar-refractivity contribution in [1.82, 2.24) is 0 Å². The van der Waals surface area contributed by atoms with Crippen LogP contribution >= 0.6 is 0 Å². The maximum atomic E-state index is 14.2. The third kappa shape index (κ3) is 2.46. The van der Waals surface area contributed by atoms with Crippen LogP contribution in [0.5, 0.6) is 0 Å². The van der Waals surface area contributed by atoms with Gasteiger partial charge in [-0.2, -0.15) is 0 Å². The Morgan fingerprint density at radius 2 is 1.64 bits per heavy atom. The lowest BCUT2D eigenvalue weighted by atomic mass is 9.31. The highest BCUT2D eigenvalue weighted by Gasteiger charge is 2.80. The van der Waals surface area contributed by atoms with E-state index in [0.29, 0.717) is 43.5 Å². The summed E-state index contributed by atoms with van der Waals surface area (Å²) in [4.78, 5) is 40.0. The van der Waals surface area contributed by atoms with Crippen LogP contribution in [-0.2, 0) is 23.9 Å². The molecular weight excluding hydrogens is 452 g/mol. The quantitative estimate of drug-likeness (QED) is 0.436. The Kier molecular flexibility index (Phi) is 4.78. The molecule has 5 nitrogen and oxygen atoms in total. The van der Waals surface area contributed by atoms with Crippen LogP contribution in [0.3, 0.4) is 0 Å². The zero-order valence-electron chi connectivity index (χ0n) is 23.3. The fraction of sp³-hybridized carbons (Fsp3) is 0.839. The molecule has 0 radical (unpaired) electrons. The number of fused-ring (bicyclic) bond motifs is 4. The van der Waals surface area contributed by atoms with Crippen LogP contribution in [0.1, 0.15) is 92.9 Å². The summed E-state index contributed by atoms with van der Waals surface area (Å²) in [6.45, 7) is 14.0. The number of hydrogen-bond acceptors (Lipinski definition) is 5. The van der Waals surface area contributed by atoms with E-state index in [9.17, 15) is 14.4 Å². The SMILES string of the molecule is COC(=O)[C@@]1(C)CC[C@]23CO[C@@]4(CC[C@@H]5[C@@]6(C)C=CC(=O)C(C)(C)[C@@H]6CC[C@@]5(C)[C@]4(C)CC2=O)[C@@H]3C1. The third-order valence-corrected chi connectivity index (χ3v) is 13.7. The van der Waals surface area contributed by atoms with Gasteiger partial charge in [-0.05, 0) is 80.6 Å². The first-order valence-electron chi connectivity index (χ1n) is 14.2. The molecule has 2 bridgehead atoms. The molecule has 0 amide bonds. The fourth-order valence-corrected chi connectivity index (χ4v) is 11.3. The summed E-state index contributed by atoms with van der Waals surface area (Å²) < 4.78 is 12.2. The molecule has 0 aromatic rings. The Morgan fingerprint density at radius 3 is 2.33 bits per heavy atom. The van der Waals surface area contributed by atoms with Crippen molar-refractivity contribution in [2.75, 3.05) is 13.7 Å². The lowest BCUT2D eigenvalue weighted by Crippen LogP contribution is -2.73. The second kappa shape index (κ2) is 6.93. The second-order valence-electron chi connectivity index (χ2n) is 15.0. The highest BCUT2D eigenvalue weighted by molar-refractivity contribution is 5.96. The van der Waals surface area contributed by atoms with E-state index in [2.05, 4.69) is 40.7 Å². The molecule has 1 spiro atoms. The van der Waals surface area contributed by atoms with E-state index in [1.165, 1.54) is 7.11 Å². The zero-order chi connectivity index (χ0) is 26.2. The summed E-state index contributed by atoms with van der Waals surface area (Å²) in [5.41, 5.74) is -2.27. The number of carbonyl (C=O) groups excluding carboxylic acids is 3. The second-order valence-corrected chi connectivity index (χ2v) is 15.0. The van der Waals surface area contributed by atoms with Crippen LogP contribution in [-0.4, -0.2) is 36.9 Å². The predicted molar refractivity (Wildman–Crippen MR) is 136 cm³/mol. The van der Waals surface area contributed by atoms with Gasteiger partial charge in [-0.25, -0.2) is 0 Å². The molecule has 4 saturated carbocycles. The number of carbonyl (C=O) groups is 3. The van der Waals surface area contributed by atoms with E-state index in [1.807, 2.05) is 13.0 Å². The van der Waals surface area contributed by atoms with Crippen LogP contribution in [0.4, 0.5) is 0 Å². The minimum atomic E-state index is -0.569. The summed E-state index contributed by atoms with van der Waals surface area (Å²) in [5, 5.41) is 0. The van der Waals surface area contributed by atoms with Gasteiger partial charge >= 0.3 is 5.97 Å². The Hall–Kier alpha value is -1.49. The molecule has 6 aliphatic rings. The first-order valence-corrected chi connectivity index (χ1v) is 14.2. The van der Waals surface area contributed by atoms with Gasteiger partial charge in [0.2, 0.25) is 0 Å². The predicted octanol–water partition coefficient (Wildman–Crippen LogP) is 5.70. The van der Waals surface area contributed by atoms with E-state index >= 15 is 0 Å². The van der Waals surface area contributed by atoms with Gasteiger partial charge in [-0.15, -0.1) is 0 Å². The maximum Gasteiger partial charge on any atom is 0.311 e. The van der Waals surface area contributed by atoms with Gasteiger partial charge in [0.25, 0.3) is 0 Å². The first-order chi connectivity index (χ1) is 16.7. The van der Waals surface area contributed by atoms with E-state index in [1.54, 1.807) is 0 Å². The maximum absolute atomic E-state index is 14.2. The van der Waals surface area contributed by atoms with Crippen molar-refractivity contribution in [3.05, 3.63) is 12.2 Å². The van der Waals surface area contributed by atoms with Gasteiger partial charge in [-0.1, -0.05) is 40.7 Å². The minimum absolute atomic E-state index is 0.0531. The molecule has 0 unspecified atom stereocenters. The highest BCUT2D eigenvalue weighted by atomic mass is 16.5. The first kappa shape index (κ1) is 24.8. The lowest BCUT2D eigenvalue weighted by molar-refractivity contribution is -0.266. The Labute approximate surface area is 216 Å². The number of esters is 1.